The first-order valence-electron chi connectivity index (χ1n) is 11.0. The molecule has 1 aromatic carbocycles. The van der Waals surface area contributed by atoms with Gasteiger partial charge in [-0.2, -0.15) is 0 Å². The molecular formula is C23H41FSi2Sn. The zero-order valence-corrected chi connectivity index (χ0v) is 23.5. The molecule has 27 heavy (non-hydrogen) atoms. The maximum atomic E-state index is 13.6. The average Bonchev–Trinajstić information content (AvgIpc) is 2.63. The van der Waals surface area contributed by atoms with Crippen LogP contribution in [0.1, 0.15) is 64.9 Å². The van der Waals surface area contributed by atoms with E-state index in [0.717, 1.165) is 9.04 Å². The van der Waals surface area contributed by atoms with Gasteiger partial charge in [0.15, 0.2) is 0 Å². The minimum absolute atomic E-state index is 0.109. The summed E-state index contributed by atoms with van der Waals surface area (Å²) in [4.78, 5) is 0. The predicted octanol–water partition coefficient (Wildman–Crippen LogP) is 8.09. The number of rotatable bonds is 13. The second-order valence-corrected chi connectivity index (χ2v) is 32.6. The summed E-state index contributed by atoms with van der Waals surface area (Å²) in [5.74, 6) is -0.109. The number of hydrogen-bond donors (Lipinski definition) is 0. The molecule has 0 aliphatic carbocycles. The molecule has 0 atom stereocenters. The van der Waals surface area contributed by atoms with E-state index in [1.807, 2.05) is 0 Å². The van der Waals surface area contributed by atoms with Crippen molar-refractivity contribution in [3.8, 4) is 0 Å². The van der Waals surface area contributed by atoms with Crippen LogP contribution in [0.5, 0.6) is 0 Å². The molecule has 1 rings (SSSR count). The second-order valence-electron chi connectivity index (χ2n) is 9.05. The normalized spacial score (nSPS) is 13.2. The Balaban J connectivity index is 3.45. The summed E-state index contributed by atoms with van der Waals surface area (Å²) >= 11 is -2.52. The van der Waals surface area contributed by atoms with Crippen molar-refractivity contribution in [2.45, 2.75) is 92.2 Å². The summed E-state index contributed by atoms with van der Waals surface area (Å²) in [6.07, 6.45) is 8.01. The first-order valence-corrected chi connectivity index (χ1v) is 24.1. The van der Waals surface area contributed by atoms with Gasteiger partial charge in [0.25, 0.3) is 0 Å². The third-order valence-electron chi connectivity index (χ3n) is 5.40. The Kier molecular flexibility index (Phi) is 11.8. The Labute approximate surface area is 175 Å². The molecule has 0 aliphatic heterocycles. The summed E-state index contributed by atoms with van der Waals surface area (Å²) in [6.45, 7) is 14.4. The molecule has 152 valence electrons. The van der Waals surface area contributed by atoms with Crippen LogP contribution in [0, 0.1) is 5.82 Å². The topological polar surface area (TPSA) is 0 Å². The van der Waals surface area contributed by atoms with Crippen molar-refractivity contribution in [2.24, 2.45) is 0 Å². The van der Waals surface area contributed by atoms with Crippen LogP contribution in [-0.4, -0.2) is 35.0 Å². The summed E-state index contributed by atoms with van der Waals surface area (Å²) in [5.41, 5.74) is 4.03. The molecule has 1 aromatic rings. The van der Waals surface area contributed by atoms with Gasteiger partial charge in [-0.25, -0.2) is 0 Å². The summed E-state index contributed by atoms with van der Waals surface area (Å²) in [7, 11) is -0.156. The summed E-state index contributed by atoms with van der Waals surface area (Å²) < 4.78 is 19.8. The van der Waals surface area contributed by atoms with Gasteiger partial charge in [-0.3, -0.25) is 0 Å². The molecule has 2 radical (unpaired) electrons. The van der Waals surface area contributed by atoms with Gasteiger partial charge in [0.2, 0.25) is 0 Å². The van der Waals surface area contributed by atoms with E-state index < -0.39 is 26.0 Å². The summed E-state index contributed by atoms with van der Waals surface area (Å²) in [5, 5.41) is 0. The average molecular weight is 511 g/mol. The number of halogens is 1. The van der Waals surface area contributed by atoms with E-state index in [-0.39, 0.29) is 5.82 Å². The molecule has 0 saturated heterocycles. The zero-order valence-electron chi connectivity index (χ0n) is 18.6. The Morgan fingerprint density at radius 2 is 1.33 bits per heavy atom. The molecule has 0 N–H and O–H groups in total. The number of benzene rings is 1. The molecular weight excluding hydrogens is 470 g/mol. The van der Waals surface area contributed by atoms with Crippen molar-refractivity contribution in [3.63, 3.8) is 0 Å². The molecule has 0 spiro atoms. The van der Waals surface area contributed by atoms with E-state index in [2.05, 4.69) is 58.2 Å². The van der Waals surface area contributed by atoms with Gasteiger partial charge in [0, 0.05) is 0 Å². The van der Waals surface area contributed by atoms with Gasteiger partial charge in [-0.05, 0) is 0 Å². The first kappa shape index (κ1) is 25.2. The van der Waals surface area contributed by atoms with Crippen LogP contribution in [0.4, 0.5) is 4.39 Å². The van der Waals surface area contributed by atoms with Crippen molar-refractivity contribution < 1.29 is 4.39 Å². The molecule has 0 heterocycles. The van der Waals surface area contributed by atoms with Gasteiger partial charge >= 0.3 is 177 Å². The van der Waals surface area contributed by atoms with E-state index in [1.54, 1.807) is 15.7 Å². The molecule has 4 heteroatoms. The van der Waals surface area contributed by atoms with Crippen LogP contribution in [0.2, 0.25) is 33.0 Å². The Morgan fingerprint density at radius 3 is 1.70 bits per heavy atom. The molecule has 0 nitrogen and oxygen atoms in total. The van der Waals surface area contributed by atoms with Gasteiger partial charge in [-0.1, -0.05) is 0 Å². The fourth-order valence-electron chi connectivity index (χ4n) is 3.79. The predicted molar refractivity (Wildman–Crippen MR) is 128 cm³/mol. The van der Waals surface area contributed by atoms with Crippen LogP contribution in [0.15, 0.2) is 30.0 Å². The number of hydrogen-bond acceptors (Lipinski definition) is 0. The van der Waals surface area contributed by atoms with E-state index in [0.29, 0.717) is 0 Å². The maximum absolute atomic E-state index is 13.6. The van der Waals surface area contributed by atoms with Crippen molar-refractivity contribution >= 4 is 38.6 Å². The molecule has 0 bridgehead atoms. The first-order chi connectivity index (χ1) is 12.8. The van der Waals surface area contributed by atoms with Gasteiger partial charge in [0.05, 0.1) is 0 Å². The number of unbranched alkanes of at least 4 members (excludes halogenated alkanes) is 3. The van der Waals surface area contributed by atoms with E-state index in [4.69, 9.17) is 0 Å². The van der Waals surface area contributed by atoms with Crippen molar-refractivity contribution in [1.82, 2.24) is 0 Å². The molecule has 0 amide bonds. The second kappa shape index (κ2) is 12.6. The van der Waals surface area contributed by atoms with E-state index >= 15 is 0 Å². The fraction of sp³-hybridized carbons (Fsp3) is 0.652. The van der Waals surface area contributed by atoms with Crippen LogP contribution < -0.4 is 0 Å². The Bertz CT molecular complexity index is 539. The van der Waals surface area contributed by atoms with Crippen molar-refractivity contribution in [1.29, 1.82) is 0 Å². The quantitative estimate of drug-likeness (QED) is 0.235. The third kappa shape index (κ3) is 8.99. The molecule has 0 aromatic heterocycles. The van der Waals surface area contributed by atoms with E-state index in [1.165, 1.54) is 57.4 Å². The minimum atomic E-state index is -2.52. The molecule has 0 saturated carbocycles. The molecule has 0 unspecified atom stereocenters. The Hall–Kier alpha value is 0.122. The van der Waals surface area contributed by atoms with Crippen molar-refractivity contribution in [3.05, 3.63) is 41.3 Å². The van der Waals surface area contributed by atoms with Gasteiger partial charge in [0.1, 0.15) is 0 Å². The monoisotopic (exact) mass is 512 g/mol. The van der Waals surface area contributed by atoms with Crippen LogP contribution >= 0.6 is 0 Å². The zero-order chi connectivity index (χ0) is 20.3. The third-order valence-corrected chi connectivity index (χ3v) is 26.3. The molecule has 0 aliphatic rings. The van der Waals surface area contributed by atoms with Crippen molar-refractivity contribution in [2.75, 3.05) is 0 Å². The van der Waals surface area contributed by atoms with Gasteiger partial charge in [-0.15, -0.1) is 0 Å². The Morgan fingerprint density at radius 1 is 0.889 bits per heavy atom. The SMILES string of the molecule is CCC[CH2][Sn]([CH2]CCC)([CH2]CCC)/[C](=C\[Si][Si](C)(C)C)c1ccc(F)cc1. The van der Waals surface area contributed by atoms with E-state index in [9.17, 15) is 4.39 Å². The summed E-state index contributed by atoms with van der Waals surface area (Å²) in [6, 6.07) is 7.50. The fourth-order valence-corrected chi connectivity index (χ4v) is 26.5. The van der Waals surface area contributed by atoms with Gasteiger partial charge < -0.3 is 0 Å². The standard InChI is InChI=1S/C11H14FSi2.3C4H9.Sn/c1-14(2,3)13-9-8-10-4-6-11(12)7-5-10;3*1-3-4-2;/h4-7,9H,1-3H3;3*1,3-4H2,2H3;. The van der Waals surface area contributed by atoms with Crippen LogP contribution in [-0.2, 0) is 0 Å². The van der Waals surface area contributed by atoms with Crippen LogP contribution in [0.25, 0.3) is 3.59 Å². The van der Waals surface area contributed by atoms with Crippen LogP contribution in [0.3, 0.4) is 0 Å². The molecule has 0 fully saturated rings.